The Morgan fingerprint density at radius 1 is 0.591 bits per heavy atom. The maximum absolute atomic E-state index is 10.7. The quantitative estimate of drug-likeness (QED) is 0.876. The van der Waals surface area contributed by atoms with Crippen molar-refractivity contribution in [2.24, 2.45) is 0 Å². The first-order chi connectivity index (χ1) is 10.6. The zero-order valence-corrected chi connectivity index (χ0v) is 13.7. The van der Waals surface area contributed by atoms with Crippen molar-refractivity contribution < 1.29 is 10.2 Å². The molecule has 1 aromatic carbocycles. The third kappa shape index (κ3) is 4.11. The van der Waals surface area contributed by atoms with E-state index in [-0.39, 0.29) is 0 Å². The van der Waals surface area contributed by atoms with Crippen LogP contribution in [0, 0.1) is 0 Å². The first kappa shape index (κ1) is 16.0. The molecule has 2 nitrogen and oxygen atoms in total. The van der Waals surface area contributed by atoms with E-state index in [9.17, 15) is 10.2 Å². The van der Waals surface area contributed by atoms with E-state index in [1.165, 1.54) is 24.0 Å². The summed E-state index contributed by atoms with van der Waals surface area (Å²) in [6.45, 7) is 0. The van der Waals surface area contributed by atoms with Crippen molar-refractivity contribution in [2.45, 2.75) is 88.3 Å². The average Bonchev–Trinajstić information content (AvgIpc) is 2.50. The van der Waals surface area contributed by atoms with Gasteiger partial charge in [0.25, 0.3) is 0 Å². The molecule has 0 unspecified atom stereocenters. The van der Waals surface area contributed by atoms with Crippen LogP contribution < -0.4 is 0 Å². The summed E-state index contributed by atoms with van der Waals surface area (Å²) in [7, 11) is 0. The Balaban J connectivity index is 1.60. The molecule has 0 bridgehead atoms. The molecule has 1 aromatic rings. The number of hydrogen-bond acceptors (Lipinski definition) is 2. The van der Waals surface area contributed by atoms with Crippen LogP contribution in [0.2, 0.25) is 0 Å². The van der Waals surface area contributed by atoms with Crippen molar-refractivity contribution in [1.29, 1.82) is 0 Å². The standard InChI is InChI=1S/C20H30O2/c21-19(11-3-1-4-12-19)15-17-7-9-18(10-8-17)16-20(22)13-5-2-6-14-20/h7-10,21-22H,1-6,11-16H2. The van der Waals surface area contributed by atoms with Crippen LogP contribution in [-0.2, 0) is 12.8 Å². The monoisotopic (exact) mass is 302 g/mol. The van der Waals surface area contributed by atoms with Gasteiger partial charge in [-0.2, -0.15) is 0 Å². The third-order valence-electron chi connectivity index (χ3n) is 5.66. The van der Waals surface area contributed by atoms with Crippen LogP contribution in [0.4, 0.5) is 0 Å². The van der Waals surface area contributed by atoms with Gasteiger partial charge >= 0.3 is 0 Å². The van der Waals surface area contributed by atoms with Gasteiger partial charge in [-0.25, -0.2) is 0 Å². The molecule has 2 N–H and O–H groups in total. The first-order valence-corrected chi connectivity index (χ1v) is 9.10. The Kier molecular flexibility index (Phi) is 4.89. The second kappa shape index (κ2) is 6.72. The number of aliphatic hydroxyl groups is 2. The highest BCUT2D eigenvalue weighted by Gasteiger charge is 2.30. The summed E-state index contributed by atoms with van der Waals surface area (Å²) in [5, 5.41) is 21.3. The zero-order valence-electron chi connectivity index (χ0n) is 13.7. The largest absolute Gasteiger partial charge is 0.390 e. The highest BCUT2D eigenvalue weighted by molar-refractivity contribution is 5.25. The predicted octanol–water partition coefficient (Wildman–Crippen LogP) is 4.16. The zero-order chi connectivity index (χ0) is 15.5. The highest BCUT2D eigenvalue weighted by Crippen LogP contribution is 2.33. The van der Waals surface area contributed by atoms with E-state index >= 15 is 0 Å². The third-order valence-corrected chi connectivity index (χ3v) is 5.66. The molecule has 2 fully saturated rings. The lowest BCUT2D eigenvalue weighted by Gasteiger charge is -2.33. The van der Waals surface area contributed by atoms with Gasteiger partial charge in [-0.3, -0.25) is 0 Å². The van der Waals surface area contributed by atoms with E-state index in [1.807, 2.05) is 0 Å². The van der Waals surface area contributed by atoms with Crippen molar-refractivity contribution in [2.75, 3.05) is 0 Å². The first-order valence-electron chi connectivity index (χ1n) is 9.10. The molecule has 0 heterocycles. The van der Waals surface area contributed by atoms with Crippen LogP contribution in [0.25, 0.3) is 0 Å². The normalized spacial score (nSPS) is 24.1. The summed E-state index contributed by atoms with van der Waals surface area (Å²) >= 11 is 0. The fourth-order valence-electron chi connectivity index (χ4n) is 4.31. The van der Waals surface area contributed by atoms with Gasteiger partial charge in [0.15, 0.2) is 0 Å². The van der Waals surface area contributed by atoms with Gasteiger partial charge in [-0.15, -0.1) is 0 Å². The second-order valence-electron chi connectivity index (χ2n) is 7.74. The topological polar surface area (TPSA) is 40.5 Å². The molecule has 2 saturated carbocycles. The Labute approximate surface area is 134 Å². The molecule has 2 aliphatic rings. The van der Waals surface area contributed by atoms with Crippen LogP contribution in [0.1, 0.15) is 75.3 Å². The molecular weight excluding hydrogens is 272 g/mol. The van der Waals surface area contributed by atoms with Crippen LogP contribution >= 0.6 is 0 Å². The van der Waals surface area contributed by atoms with E-state index in [1.54, 1.807) is 0 Å². The molecule has 0 spiro atoms. The minimum atomic E-state index is -0.485. The van der Waals surface area contributed by atoms with Crippen LogP contribution in [-0.4, -0.2) is 21.4 Å². The Morgan fingerprint density at radius 3 is 1.23 bits per heavy atom. The van der Waals surface area contributed by atoms with E-state index in [2.05, 4.69) is 24.3 Å². The maximum Gasteiger partial charge on any atom is 0.0688 e. The fourth-order valence-corrected chi connectivity index (χ4v) is 4.31. The Hall–Kier alpha value is -0.860. The summed E-state index contributed by atoms with van der Waals surface area (Å²) in [4.78, 5) is 0. The fraction of sp³-hybridized carbons (Fsp3) is 0.700. The molecule has 0 amide bonds. The molecule has 0 aliphatic heterocycles. The van der Waals surface area contributed by atoms with E-state index in [0.29, 0.717) is 0 Å². The lowest BCUT2D eigenvalue weighted by molar-refractivity contribution is 0.00337. The summed E-state index contributed by atoms with van der Waals surface area (Å²) < 4.78 is 0. The summed E-state index contributed by atoms with van der Waals surface area (Å²) in [6, 6.07) is 8.59. The Morgan fingerprint density at radius 2 is 0.909 bits per heavy atom. The molecule has 3 rings (SSSR count). The van der Waals surface area contributed by atoms with Crippen LogP contribution in [0.3, 0.4) is 0 Å². The number of hydrogen-bond donors (Lipinski definition) is 2. The number of rotatable bonds is 4. The predicted molar refractivity (Wildman–Crippen MR) is 89.9 cm³/mol. The maximum atomic E-state index is 10.7. The number of benzene rings is 1. The molecule has 0 atom stereocenters. The molecule has 122 valence electrons. The Bertz CT molecular complexity index is 420. The molecular formula is C20H30O2. The summed E-state index contributed by atoms with van der Waals surface area (Å²) in [5.41, 5.74) is 1.48. The smallest absolute Gasteiger partial charge is 0.0688 e. The van der Waals surface area contributed by atoms with E-state index < -0.39 is 11.2 Å². The minimum Gasteiger partial charge on any atom is -0.390 e. The van der Waals surface area contributed by atoms with Crippen molar-refractivity contribution >= 4 is 0 Å². The lowest BCUT2D eigenvalue weighted by atomic mass is 9.79. The van der Waals surface area contributed by atoms with Gasteiger partial charge < -0.3 is 10.2 Å². The van der Waals surface area contributed by atoms with Gasteiger partial charge in [0.2, 0.25) is 0 Å². The molecule has 0 aromatic heterocycles. The van der Waals surface area contributed by atoms with Gasteiger partial charge in [-0.05, 0) is 36.8 Å². The average molecular weight is 302 g/mol. The molecule has 0 radical (unpaired) electrons. The van der Waals surface area contributed by atoms with Gasteiger partial charge in [0.05, 0.1) is 11.2 Å². The van der Waals surface area contributed by atoms with Crippen molar-refractivity contribution in [1.82, 2.24) is 0 Å². The highest BCUT2D eigenvalue weighted by atomic mass is 16.3. The molecule has 2 aliphatic carbocycles. The second-order valence-corrected chi connectivity index (χ2v) is 7.74. The van der Waals surface area contributed by atoms with Gasteiger partial charge in [-0.1, -0.05) is 62.8 Å². The van der Waals surface area contributed by atoms with Crippen molar-refractivity contribution in [3.8, 4) is 0 Å². The summed E-state index contributed by atoms with van der Waals surface area (Å²) in [5.74, 6) is 0. The van der Waals surface area contributed by atoms with Crippen molar-refractivity contribution in [3.63, 3.8) is 0 Å². The molecule has 0 saturated heterocycles. The van der Waals surface area contributed by atoms with E-state index in [4.69, 9.17) is 0 Å². The lowest BCUT2D eigenvalue weighted by Crippen LogP contribution is -2.34. The SMILES string of the molecule is OC1(Cc2ccc(CC3(O)CCCCC3)cc2)CCCCC1. The van der Waals surface area contributed by atoms with Crippen LogP contribution in [0.15, 0.2) is 24.3 Å². The van der Waals surface area contributed by atoms with Gasteiger partial charge in [0, 0.05) is 12.8 Å². The van der Waals surface area contributed by atoms with Crippen molar-refractivity contribution in [3.05, 3.63) is 35.4 Å². The minimum absolute atomic E-state index is 0.485. The molecule has 2 heteroatoms. The van der Waals surface area contributed by atoms with E-state index in [0.717, 1.165) is 64.2 Å². The van der Waals surface area contributed by atoms with Gasteiger partial charge in [0.1, 0.15) is 0 Å². The molecule has 22 heavy (non-hydrogen) atoms. The summed E-state index contributed by atoms with van der Waals surface area (Å²) in [6.07, 6.45) is 12.5. The van der Waals surface area contributed by atoms with Crippen LogP contribution in [0.5, 0.6) is 0 Å².